The Kier molecular flexibility index (Phi) is 5.12. The normalized spacial score (nSPS) is 11.9. The Morgan fingerprint density at radius 3 is 2.26 bits per heavy atom. The number of primary amides is 1. The lowest BCUT2D eigenvalue weighted by atomic mass is 9.93. The highest BCUT2D eigenvalue weighted by Gasteiger charge is 2.19. The van der Waals surface area contributed by atoms with Crippen LogP contribution in [0.4, 0.5) is 0 Å². The van der Waals surface area contributed by atoms with Crippen molar-refractivity contribution in [3.63, 3.8) is 0 Å². The zero-order valence-corrected chi connectivity index (χ0v) is 11.3. The zero-order chi connectivity index (χ0) is 14.6. The molecular formula is C13H17BN2O3. The Morgan fingerprint density at radius 1 is 1.37 bits per heavy atom. The maximum Gasteiger partial charge on any atom is 0.322 e. The summed E-state index contributed by atoms with van der Waals surface area (Å²) in [5.74, 6) is -0.903. The molecule has 0 aliphatic rings. The summed E-state index contributed by atoms with van der Waals surface area (Å²) in [5.41, 5.74) is 8.42. The van der Waals surface area contributed by atoms with Crippen LogP contribution in [0, 0.1) is 13.8 Å². The van der Waals surface area contributed by atoms with Crippen LogP contribution in [-0.4, -0.2) is 33.0 Å². The van der Waals surface area contributed by atoms with E-state index in [1.807, 2.05) is 13.8 Å². The molecule has 6 heteroatoms. The molecule has 2 radical (unpaired) electrons. The number of amides is 1. The first-order chi connectivity index (χ1) is 8.90. The zero-order valence-electron chi connectivity index (χ0n) is 11.3. The van der Waals surface area contributed by atoms with Crippen LogP contribution in [0.1, 0.15) is 27.0 Å². The van der Waals surface area contributed by atoms with Gasteiger partial charge in [-0.15, -0.1) is 0 Å². The third-order valence-electron chi connectivity index (χ3n) is 3.08. The topological polar surface area (TPSA) is 81.4 Å². The summed E-state index contributed by atoms with van der Waals surface area (Å²) >= 11 is 0. The maximum absolute atomic E-state index is 11.5. The van der Waals surface area contributed by atoms with E-state index in [2.05, 4.69) is 9.96 Å². The van der Waals surface area contributed by atoms with Crippen molar-refractivity contribution in [1.82, 2.24) is 5.23 Å². The molecule has 3 N–H and O–H groups in total. The van der Waals surface area contributed by atoms with Gasteiger partial charge in [-0.05, 0) is 49.1 Å². The lowest BCUT2D eigenvalue weighted by Crippen LogP contribution is -2.38. The number of carbonyl (C=O) groups excluding carboxylic acids is 2. The van der Waals surface area contributed by atoms with Crippen LogP contribution < -0.4 is 11.0 Å². The first kappa shape index (κ1) is 15.2. The highest BCUT2D eigenvalue weighted by atomic mass is 16.5. The van der Waals surface area contributed by atoms with E-state index in [4.69, 9.17) is 13.7 Å². The number of rotatable bonds is 5. The highest BCUT2D eigenvalue weighted by Crippen LogP contribution is 2.18. The molecule has 0 aliphatic heterocycles. The van der Waals surface area contributed by atoms with Crippen LogP contribution in [0.3, 0.4) is 0 Å². The lowest BCUT2D eigenvalue weighted by Gasteiger charge is -2.18. The van der Waals surface area contributed by atoms with Gasteiger partial charge in [-0.25, -0.2) is 0 Å². The molecule has 100 valence electrons. The van der Waals surface area contributed by atoms with E-state index in [9.17, 15) is 9.59 Å². The lowest BCUT2D eigenvalue weighted by molar-refractivity contribution is -0.142. The number of nitrogens with two attached hydrogens (primary N) is 1. The predicted octanol–water partition coefficient (Wildman–Crippen LogP) is 0.160. The summed E-state index contributed by atoms with van der Waals surface area (Å²) in [6.45, 7) is 3.72. The standard InChI is InChI=1S/C13H17BN2O3/c1-7-4-9(12(15)17)5-8(2)10(7)6-11(16-14)13(18)19-3/h4-5,11,16H,6H2,1-3H3,(H2,15,17). The molecule has 0 saturated heterocycles. The molecule has 1 aromatic carbocycles. The van der Waals surface area contributed by atoms with E-state index in [0.717, 1.165) is 16.7 Å². The second-order valence-electron chi connectivity index (χ2n) is 4.40. The highest BCUT2D eigenvalue weighted by molar-refractivity contribution is 6.06. The van der Waals surface area contributed by atoms with Crippen LogP contribution in [-0.2, 0) is 16.0 Å². The number of benzene rings is 1. The first-order valence-corrected chi connectivity index (χ1v) is 5.84. The molecule has 1 rings (SSSR count). The summed E-state index contributed by atoms with van der Waals surface area (Å²) in [7, 11) is 6.66. The number of methoxy groups -OCH3 is 1. The van der Waals surface area contributed by atoms with E-state index in [-0.39, 0.29) is 0 Å². The summed E-state index contributed by atoms with van der Waals surface area (Å²) in [6.07, 6.45) is 0.389. The number of ether oxygens (including phenoxy) is 1. The Balaban J connectivity index is 3.08. The fraction of sp³-hybridized carbons (Fsp3) is 0.385. The predicted molar refractivity (Wildman–Crippen MR) is 72.8 cm³/mol. The smallest absolute Gasteiger partial charge is 0.322 e. The molecule has 1 amide bonds. The van der Waals surface area contributed by atoms with Gasteiger partial charge in [-0.3, -0.25) is 9.59 Å². The van der Waals surface area contributed by atoms with E-state index >= 15 is 0 Å². The van der Waals surface area contributed by atoms with Gasteiger partial charge in [0.05, 0.1) is 13.2 Å². The number of nitrogens with one attached hydrogen (secondary N) is 1. The second-order valence-corrected chi connectivity index (χ2v) is 4.40. The Hall–Kier alpha value is -1.82. The third kappa shape index (κ3) is 3.57. The van der Waals surface area contributed by atoms with Crippen LogP contribution in [0.5, 0.6) is 0 Å². The quantitative estimate of drug-likeness (QED) is 0.583. The fourth-order valence-electron chi connectivity index (χ4n) is 2.01. The van der Waals surface area contributed by atoms with Crippen molar-refractivity contribution in [3.05, 3.63) is 34.4 Å². The number of esters is 1. The van der Waals surface area contributed by atoms with Crippen molar-refractivity contribution in [1.29, 1.82) is 0 Å². The van der Waals surface area contributed by atoms with Crippen molar-refractivity contribution >= 4 is 19.9 Å². The average molecular weight is 260 g/mol. The van der Waals surface area contributed by atoms with Crippen LogP contribution >= 0.6 is 0 Å². The number of hydrogen-bond acceptors (Lipinski definition) is 4. The average Bonchev–Trinajstić information content (AvgIpc) is 2.37. The molecule has 19 heavy (non-hydrogen) atoms. The maximum atomic E-state index is 11.5. The van der Waals surface area contributed by atoms with Gasteiger partial charge >= 0.3 is 5.97 Å². The van der Waals surface area contributed by atoms with Gasteiger partial charge in [0, 0.05) is 5.56 Å². The largest absolute Gasteiger partial charge is 0.468 e. The molecule has 0 aromatic heterocycles. The molecule has 5 nitrogen and oxygen atoms in total. The van der Waals surface area contributed by atoms with Crippen molar-refractivity contribution in [2.75, 3.05) is 7.11 Å². The van der Waals surface area contributed by atoms with Gasteiger partial charge in [0.2, 0.25) is 5.91 Å². The first-order valence-electron chi connectivity index (χ1n) is 5.84. The summed E-state index contributed by atoms with van der Waals surface area (Å²) in [4.78, 5) is 22.7. The van der Waals surface area contributed by atoms with Crippen LogP contribution in [0.2, 0.25) is 0 Å². The molecular weight excluding hydrogens is 243 g/mol. The molecule has 0 saturated carbocycles. The Bertz CT molecular complexity index is 480. The summed E-state index contributed by atoms with van der Waals surface area (Å²) in [6, 6.07) is 2.78. The van der Waals surface area contributed by atoms with Gasteiger partial charge < -0.3 is 15.7 Å². The minimum atomic E-state index is -0.623. The van der Waals surface area contributed by atoms with Crippen molar-refractivity contribution < 1.29 is 14.3 Å². The van der Waals surface area contributed by atoms with Crippen molar-refractivity contribution in [2.45, 2.75) is 26.3 Å². The molecule has 0 aliphatic carbocycles. The molecule has 0 bridgehead atoms. The van der Waals surface area contributed by atoms with Gasteiger partial charge in [0.15, 0.2) is 7.98 Å². The molecule has 1 unspecified atom stereocenters. The van der Waals surface area contributed by atoms with Crippen molar-refractivity contribution in [3.8, 4) is 0 Å². The number of aryl methyl sites for hydroxylation is 2. The van der Waals surface area contributed by atoms with Gasteiger partial charge in [0.1, 0.15) is 0 Å². The van der Waals surface area contributed by atoms with Crippen LogP contribution in [0.15, 0.2) is 12.1 Å². The Labute approximate surface area is 113 Å². The number of hydrogen-bond donors (Lipinski definition) is 2. The monoisotopic (exact) mass is 260 g/mol. The molecule has 1 aromatic rings. The van der Waals surface area contributed by atoms with Crippen molar-refractivity contribution in [2.24, 2.45) is 5.73 Å². The molecule has 1 atom stereocenters. The van der Waals surface area contributed by atoms with Gasteiger partial charge in [-0.1, -0.05) is 0 Å². The van der Waals surface area contributed by atoms with E-state index in [0.29, 0.717) is 12.0 Å². The van der Waals surface area contributed by atoms with E-state index in [1.54, 1.807) is 12.1 Å². The summed E-state index contributed by atoms with van der Waals surface area (Å²) < 4.78 is 4.66. The minimum Gasteiger partial charge on any atom is -0.468 e. The van der Waals surface area contributed by atoms with E-state index in [1.165, 1.54) is 7.11 Å². The minimum absolute atomic E-state index is 0.389. The van der Waals surface area contributed by atoms with Crippen LogP contribution in [0.25, 0.3) is 0 Å². The molecule has 0 heterocycles. The molecule has 0 spiro atoms. The van der Waals surface area contributed by atoms with E-state index < -0.39 is 17.9 Å². The fourth-order valence-corrected chi connectivity index (χ4v) is 2.01. The van der Waals surface area contributed by atoms with Gasteiger partial charge in [-0.2, -0.15) is 0 Å². The molecule has 0 fully saturated rings. The number of carbonyl (C=O) groups is 2. The second kappa shape index (κ2) is 6.38. The van der Waals surface area contributed by atoms with Gasteiger partial charge in [0.25, 0.3) is 0 Å². The Morgan fingerprint density at radius 2 is 1.89 bits per heavy atom. The third-order valence-corrected chi connectivity index (χ3v) is 3.08. The summed E-state index contributed by atoms with van der Waals surface area (Å²) in [5, 5.41) is 2.43. The SMILES string of the molecule is [B]NC(Cc1c(C)cc(C(N)=O)cc1C)C(=O)OC.